The maximum atomic E-state index is 12.4. The average Bonchev–Trinajstić information content (AvgIpc) is 2.57. The van der Waals surface area contributed by atoms with Gasteiger partial charge in [-0.25, -0.2) is 0 Å². The van der Waals surface area contributed by atoms with Gasteiger partial charge in [0.25, 0.3) is 0 Å². The molecule has 0 saturated carbocycles. The van der Waals surface area contributed by atoms with Crippen LogP contribution in [-0.2, 0) is 0 Å². The molecular formula is C17H14O6. The van der Waals surface area contributed by atoms with E-state index < -0.39 is 16.9 Å². The van der Waals surface area contributed by atoms with Crippen molar-refractivity contribution in [2.24, 2.45) is 0 Å². The second-order valence-electron chi connectivity index (χ2n) is 4.81. The SMILES string of the molecule is COc1c(OC)c(O)c2c(=O)cc(-c3ccccc3)oc2c1O. The maximum Gasteiger partial charge on any atom is 0.211 e. The highest BCUT2D eigenvalue weighted by molar-refractivity contribution is 5.94. The fourth-order valence-corrected chi connectivity index (χ4v) is 2.44. The van der Waals surface area contributed by atoms with Crippen LogP contribution in [0.1, 0.15) is 0 Å². The number of aromatic hydroxyl groups is 2. The Labute approximate surface area is 131 Å². The molecule has 0 aliphatic heterocycles. The topological polar surface area (TPSA) is 89.1 Å². The zero-order chi connectivity index (χ0) is 16.6. The summed E-state index contributed by atoms with van der Waals surface area (Å²) in [6, 6.07) is 10.2. The predicted octanol–water partition coefficient (Wildman–Crippen LogP) is 2.89. The van der Waals surface area contributed by atoms with Gasteiger partial charge in [-0.3, -0.25) is 4.79 Å². The smallest absolute Gasteiger partial charge is 0.211 e. The Morgan fingerprint density at radius 3 is 2.17 bits per heavy atom. The molecule has 0 saturated heterocycles. The molecule has 6 nitrogen and oxygen atoms in total. The Bertz CT molecular complexity index is 927. The fourth-order valence-electron chi connectivity index (χ4n) is 2.44. The number of hydrogen-bond acceptors (Lipinski definition) is 6. The maximum absolute atomic E-state index is 12.4. The van der Waals surface area contributed by atoms with Crippen LogP contribution in [0.4, 0.5) is 0 Å². The monoisotopic (exact) mass is 314 g/mol. The highest BCUT2D eigenvalue weighted by Gasteiger charge is 2.25. The van der Waals surface area contributed by atoms with Gasteiger partial charge < -0.3 is 24.1 Å². The first-order valence-electron chi connectivity index (χ1n) is 6.77. The van der Waals surface area contributed by atoms with E-state index in [-0.39, 0.29) is 28.2 Å². The van der Waals surface area contributed by atoms with Gasteiger partial charge in [0.2, 0.25) is 17.2 Å². The van der Waals surface area contributed by atoms with Gasteiger partial charge in [-0.15, -0.1) is 0 Å². The molecular weight excluding hydrogens is 300 g/mol. The molecule has 1 aromatic heterocycles. The lowest BCUT2D eigenvalue weighted by Crippen LogP contribution is -2.03. The number of phenols is 2. The number of fused-ring (bicyclic) bond motifs is 1. The molecule has 0 aliphatic rings. The Kier molecular flexibility index (Phi) is 3.57. The molecule has 3 rings (SSSR count). The molecule has 0 atom stereocenters. The predicted molar refractivity (Wildman–Crippen MR) is 84.4 cm³/mol. The van der Waals surface area contributed by atoms with Gasteiger partial charge in [-0.05, 0) is 0 Å². The van der Waals surface area contributed by atoms with Gasteiger partial charge in [0.1, 0.15) is 11.1 Å². The van der Waals surface area contributed by atoms with Crippen molar-refractivity contribution in [2.75, 3.05) is 14.2 Å². The molecule has 6 heteroatoms. The van der Waals surface area contributed by atoms with Crippen molar-refractivity contribution in [3.05, 3.63) is 46.6 Å². The third-order valence-electron chi connectivity index (χ3n) is 3.50. The standard InChI is InChI=1S/C17H14O6/c1-21-16-13(19)12-10(18)8-11(9-6-4-3-5-7-9)23-15(12)14(20)17(16)22-2/h3-8,19-20H,1-2H3. The van der Waals surface area contributed by atoms with Crippen molar-refractivity contribution in [3.63, 3.8) is 0 Å². The van der Waals surface area contributed by atoms with Crippen LogP contribution >= 0.6 is 0 Å². The number of methoxy groups -OCH3 is 2. The van der Waals surface area contributed by atoms with Crippen LogP contribution in [0.2, 0.25) is 0 Å². The Balaban J connectivity index is 2.42. The highest BCUT2D eigenvalue weighted by atomic mass is 16.5. The number of ether oxygens (including phenoxy) is 2. The first kappa shape index (κ1) is 14.8. The van der Waals surface area contributed by atoms with Crippen molar-refractivity contribution < 1.29 is 24.1 Å². The summed E-state index contributed by atoms with van der Waals surface area (Å²) in [5.41, 5.74) is 0.00512. The Morgan fingerprint density at radius 1 is 0.957 bits per heavy atom. The summed E-state index contributed by atoms with van der Waals surface area (Å²) in [6.07, 6.45) is 0. The number of phenolic OH excluding ortho intramolecular Hbond substituents is 2. The molecule has 23 heavy (non-hydrogen) atoms. The van der Waals surface area contributed by atoms with Crippen LogP contribution in [0.5, 0.6) is 23.0 Å². The lowest BCUT2D eigenvalue weighted by atomic mass is 10.1. The minimum absolute atomic E-state index is 0.106. The molecule has 0 unspecified atom stereocenters. The number of hydrogen-bond donors (Lipinski definition) is 2. The van der Waals surface area contributed by atoms with Gasteiger partial charge in [-0.2, -0.15) is 0 Å². The van der Waals surface area contributed by atoms with Crippen molar-refractivity contribution in [1.82, 2.24) is 0 Å². The summed E-state index contributed by atoms with van der Waals surface area (Å²) in [5, 5.41) is 20.4. The molecule has 2 aromatic carbocycles. The molecule has 1 heterocycles. The van der Waals surface area contributed by atoms with E-state index >= 15 is 0 Å². The van der Waals surface area contributed by atoms with Crippen molar-refractivity contribution in [2.45, 2.75) is 0 Å². The highest BCUT2D eigenvalue weighted by Crippen LogP contribution is 2.49. The fraction of sp³-hybridized carbons (Fsp3) is 0.118. The summed E-state index contributed by atoms with van der Waals surface area (Å²) in [4.78, 5) is 12.4. The van der Waals surface area contributed by atoms with Gasteiger partial charge in [0.15, 0.2) is 16.8 Å². The number of rotatable bonds is 3. The Hall–Kier alpha value is -3.15. The lowest BCUT2D eigenvalue weighted by molar-refractivity contribution is 0.317. The van der Waals surface area contributed by atoms with Crippen molar-refractivity contribution in [1.29, 1.82) is 0 Å². The van der Waals surface area contributed by atoms with E-state index in [9.17, 15) is 15.0 Å². The third kappa shape index (κ3) is 2.24. The molecule has 0 bridgehead atoms. The first-order valence-corrected chi connectivity index (χ1v) is 6.77. The summed E-state index contributed by atoms with van der Waals surface area (Å²) < 4.78 is 15.7. The van der Waals surface area contributed by atoms with E-state index in [1.54, 1.807) is 24.3 Å². The second kappa shape index (κ2) is 5.57. The second-order valence-corrected chi connectivity index (χ2v) is 4.81. The lowest BCUT2D eigenvalue weighted by Gasteiger charge is -2.13. The molecule has 0 aliphatic carbocycles. The van der Waals surface area contributed by atoms with Gasteiger partial charge >= 0.3 is 0 Å². The largest absolute Gasteiger partial charge is 0.504 e. The minimum Gasteiger partial charge on any atom is -0.504 e. The van der Waals surface area contributed by atoms with E-state index in [1.807, 2.05) is 6.07 Å². The molecule has 2 N–H and O–H groups in total. The number of benzene rings is 2. The third-order valence-corrected chi connectivity index (χ3v) is 3.50. The van der Waals surface area contributed by atoms with Crippen LogP contribution in [0, 0.1) is 0 Å². The summed E-state index contributed by atoms with van der Waals surface area (Å²) in [6.45, 7) is 0. The molecule has 118 valence electrons. The summed E-state index contributed by atoms with van der Waals surface area (Å²) in [5.74, 6) is -0.814. The van der Waals surface area contributed by atoms with Crippen LogP contribution in [0.3, 0.4) is 0 Å². The van der Waals surface area contributed by atoms with Crippen LogP contribution < -0.4 is 14.9 Å². The molecule has 0 radical (unpaired) electrons. The van der Waals surface area contributed by atoms with E-state index in [1.165, 1.54) is 20.3 Å². The van der Waals surface area contributed by atoms with E-state index in [2.05, 4.69) is 0 Å². The molecule has 3 aromatic rings. The molecule has 0 amide bonds. The first-order chi connectivity index (χ1) is 11.1. The van der Waals surface area contributed by atoms with E-state index in [4.69, 9.17) is 13.9 Å². The Morgan fingerprint density at radius 2 is 1.57 bits per heavy atom. The van der Waals surface area contributed by atoms with Crippen LogP contribution in [0.25, 0.3) is 22.3 Å². The zero-order valence-corrected chi connectivity index (χ0v) is 12.5. The summed E-state index contributed by atoms with van der Waals surface area (Å²) in [7, 11) is 2.60. The molecule has 0 spiro atoms. The quantitative estimate of drug-likeness (QED) is 0.723. The molecule has 0 fully saturated rings. The van der Waals surface area contributed by atoms with Crippen LogP contribution in [0.15, 0.2) is 45.6 Å². The van der Waals surface area contributed by atoms with Crippen molar-refractivity contribution in [3.8, 4) is 34.3 Å². The average molecular weight is 314 g/mol. The summed E-state index contributed by atoms with van der Waals surface area (Å²) >= 11 is 0. The van der Waals surface area contributed by atoms with Gasteiger partial charge in [0.05, 0.1) is 14.2 Å². The zero-order valence-electron chi connectivity index (χ0n) is 12.5. The van der Waals surface area contributed by atoms with Gasteiger partial charge in [-0.1, -0.05) is 30.3 Å². The van der Waals surface area contributed by atoms with E-state index in [0.717, 1.165) is 0 Å². The van der Waals surface area contributed by atoms with Gasteiger partial charge in [0, 0.05) is 11.6 Å². The van der Waals surface area contributed by atoms with Crippen LogP contribution in [-0.4, -0.2) is 24.4 Å². The minimum atomic E-state index is -0.501. The van der Waals surface area contributed by atoms with Crippen molar-refractivity contribution >= 4 is 11.0 Å². The normalized spacial score (nSPS) is 10.7. The van der Waals surface area contributed by atoms with E-state index in [0.29, 0.717) is 5.56 Å².